The maximum absolute atomic E-state index is 13.2. The molecule has 14 heteroatoms. The molecular weight excluding hydrogens is 549 g/mol. The van der Waals surface area contributed by atoms with E-state index >= 15 is 0 Å². The maximum atomic E-state index is 13.2. The molecule has 2 aromatic carbocycles. The molecule has 0 aliphatic carbocycles. The van der Waals surface area contributed by atoms with Crippen LogP contribution in [0.25, 0.3) is 10.9 Å². The first kappa shape index (κ1) is 32.8. The number of anilines is 2. The van der Waals surface area contributed by atoms with Crippen molar-refractivity contribution in [2.75, 3.05) is 31.8 Å². The molecule has 0 radical (unpaired) electrons. The number of aliphatic carboxylic acids is 2. The molecule has 0 amide bonds. The zero-order valence-electron chi connectivity index (χ0n) is 22.7. The second-order valence-electron chi connectivity index (χ2n) is 8.82. The fourth-order valence-electron chi connectivity index (χ4n) is 3.66. The van der Waals surface area contributed by atoms with Gasteiger partial charge in [0.15, 0.2) is 11.5 Å². The van der Waals surface area contributed by atoms with E-state index in [1.54, 1.807) is 6.07 Å². The Balaban J connectivity index is 0.000000642. The number of hydrogen-bond donors (Lipinski definition) is 5. The third-order valence-electron chi connectivity index (χ3n) is 5.61. The van der Waals surface area contributed by atoms with E-state index in [9.17, 15) is 22.8 Å². The van der Waals surface area contributed by atoms with Crippen molar-refractivity contribution in [2.45, 2.75) is 44.8 Å². The third kappa shape index (κ3) is 9.60. The van der Waals surface area contributed by atoms with Crippen LogP contribution in [0.4, 0.5) is 24.5 Å². The Morgan fingerprint density at radius 2 is 1.73 bits per heavy atom. The van der Waals surface area contributed by atoms with Crippen LogP contribution in [0, 0.1) is 0 Å². The van der Waals surface area contributed by atoms with Crippen molar-refractivity contribution in [2.24, 2.45) is 5.73 Å². The van der Waals surface area contributed by atoms with Crippen molar-refractivity contribution in [3.8, 4) is 23.1 Å². The molecule has 1 aromatic heterocycles. The molecule has 0 aliphatic rings. The number of aromatic nitrogens is 1. The first-order valence-corrected chi connectivity index (χ1v) is 12.4. The molecule has 0 saturated heterocycles. The number of nitrogen functional groups attached to an aromatic ring is 1. The van der Waals surface area contributed by atoms with Gasteiger partial charge in [0.25, 0.3) is 0 Å². The number of ether oxygens (including phenoxy) is 3. The fraction of sp³-hybridized carbons (Fsp3) is 0.370. The van der Waals surface area contributed by atoms with Crippen molar-refractivity contribution < 1.29 is 47.2 Å². The smallest absolute Gasteiger partial charge is 0.416 e. The van der Waals surface area contributed by atoms with E-state index in [4.69, 9.17) is 35.9 Å². The Kier molecular flexibility index (Phi) is 11.8. The number of benzene rings is 2. The highest BCUT2D eigenvalue weighted by Crippen LogP contribution is 2.46. The number of halogens is 3. The number of carboxylic acid groups (broad SMARTS) is 2. The number of carbonyl (C=O) groups is 2. The number of carboxylic acids is 2. The summed E-state index contributed by atoms with van der Waals surface area (Å²) in [6.07, 6.45) is -3.45. The number of nitrogens with one attached hydrogen (secondary N) is 1. The van der Waals surface area contributed by atoms with Crippen molar-refractivity contribution in [1.29, 1.82) is 0 Å². The molecule has 7 N–H and O–H groups in total. The van der Waals surface area contributed by atoms with Crippen molar-refractivity contribution in [1.82, 2.24) is 4.98 Å². The molecule has 3 rings (SSSR count). The Labute approximate surface area is 234 Å². The summed E-state index contributed by atoms with van der Waals surface area (Å²) in [5.41, 5.74) is 12.4. The van der Waals surface area contributed by atoms with Gasteiger partial charge in [-0.3, -0.25) is 9.59 Å². The quantitative estimate of drug-likeness (QED) is 0.191. The predicted molar refractivity (Wildman–Crippen MR) is 147 cm³/mol. The van der Waals surface area contributed by atoms with E-state index in [0.29, 0.717) is 23.1 Å². The van der Waals surface area contributed by atoms with Crippen LogP contribution in [0.2, 0.25) is 0 Å². The first-order chi connectivity index (χ1) is 19.3. The summed E-state index contributed by atoms with van der Waals surface area (Å²) >= 11 is 0. The maximum Gasteiger partial charge on any atom is 0.416 e. The SMILES string of the molecule is COc1cc(N)c2c(Oc3cccc(C(F)(F)F)c3)c(OC)cc(NC(C)CCCN)c2n1.O=C(O)CCC(=O)O. The van der Waals surface area contributed by atoms with Crippen LogP contribution in [0.3, 0.4) is 0 Å². The molecule has 1 atom stereocenters. The molecule has 3 aromatic rings. The number of alkyl halides is 3. The Morgan fingerprint density at radius 1 is 1.07 bits per heavy atom. The van der Waals surface area contributed by atoms with Gasteiger partial charge in [0.1, 0.15) is 11.3 Å². The lowest BCUT2D eigenvalue weighted by molar-refractivity contribution is -0.143. The molecule has 41 heavy (non-hydrogen) atoms. The number of rotatable bonds is 12. The van der Waals surface area contributed by atoms with E-state index in [-0.39, 0.29) is 47.7 Å². The third-order valence-corrected chi connectivity index (χ3v) is 5.61. The Hall–Kier alpha value is -4.46. The zero-order chi connectivity index (χ0) is 30.7. The second kappa shape index (κ2) is 14.8. The van der Waals surface area contributed by atoms with Crippen LogP contribution in [-0.2, 0) is 15.8 Å². The summed E-state index contributed by atoms with van der Waals surface area (Å²) in [6, 6.07) is 7.84. The number of hydrogen-bond acceptors (Lipinski definition) is 9. The van der Waals surface area contributed by atoms with Crippen LogP contribution in [0.1, 0.15) is 38.2 Å². The van der Waals surface area contributed by atoms with Crippen molar-refractivity contribution in [3.05, 3.63) is 42.0 Å². The normalized spacial score (nSPS) is 11.7. The summed E-state index contributed by atoms with van der Waals surface area (Å²) in [6.45, 7) is 2.57. The molecule has 224 valence electrons. The van der Waals surface area contributed by atoms with Gasteiger partial charge in [-0.1, -0.05) is 6.07 Å². The van der Waals surface area contributed by atoms with Gasteiger partial charge in [-0.25, -0.2) is 4.98 Å². The summed E-state index contributed by atoms with van der Waals surface area (Å²) in [5.74, 6) is -1.45. The monoisotopic (exact) mass is 582 g/mol. The number of fused-ring (bicyclic) bond motifs is 1. The zero-order valence-corrected chi connectivity index (χ0v) is 22.7. The van der Waals surface area contributed by atoms with Crippen molar-refractivity contribution in [3.63, 3.8) is 0 Å². The summed E-state index contributed by atoms with van der Waals surface area (Å²) in [4.78, 5) is 23.8. The van der Waals surface area contributed by atoms with Gasteiger partial charge >= 0.3 is 18.1 Å². The van der Waals surface area contributed by atoms with E-state index in [1.807, 2.05) is 6.92 Å². The number of pyridine rings is 1. The van der Waals surface area contributed by atoms with E-state index in [1.165, 1.54) is 32.4 Å². The fourth-order valence-corrected chi connectivity index (χ4v) is 3.66. The molecule has 1 unspecified atom stereocenters. The number of nitrogens with zero attached hydrogens (tertiary/aromatic N) is 1. The van der Waals surface area contributed by atoms with Gasteiger partial charge in [-0.15, -0.1) is 0 Å². The molecule has 0 aliphatic heterocycles. The number of methoxy groups -OCH3 is 2. The summed E-state index contributed by atoms with van der Waals surface area (Å²) in [5, 5.41) is 19.6. The topological polar surface area (TPSA) is 179 Å². The largest absolute Gasteiger partial charge is 0.493 e. The molecule has 0 bridgehead atoms. The van der Waals surface area contributed by atoms with Gasteiger partial charge in [0, 0.05) is 18.2 Å². The Bertz CT molecular complexity index is 1340. The first-order valence-electron chi connectivity index (χ1n) is 12.4. The lowest BCUT2D eigenvalue weighted by Gasteiger charge is -2.21. The summed E-state index contributed by atoms with van der Waals surface area (Å²) < 4.78 is 56.2. The minimum atomic E-state index is -4.51. The minimum Gasteiger partial charge on any atom is -0.493 e. The van der Waals surface area contributed by atoms with Crippen LogP contribution in [0.5, 0.6) is 23.1 Å². The van der Waals surface area contributed by atoms with Gasteiger partial charge in [0.2, 0.25) is 5.88 Å². The lowest BCUT2D eigenvalue weighted by atomic mass is 10.1. The average Bonchev–Trinajstić information content (AvgIpc) is 2.91. The van der Waals surface area contributed by atoms with Gasteiger partial charge < -0.3 is 41.2 Å². The Morgan fingerprint density at radius 3 is 2.27 bits per heavy atom. The highest BCUT2D eigenvalue weighted by atomic mass is 19.4. The lowest BCUT2D eigenvalue weighted by Crippen LogP contribution is -2.17. The molecule has 0 fully saturated rings. The second-order valence-corrected chi connectivity index (χ2v) is 8.82. The van der Waals surface area contributed by atoms with E-state index in [2.05, 4.69) is 10.3 Å². The van der Waals surface area contributed by atoms with Crippen LogP contribution in [0.15, 0.2) is 36.4 Å². The molecule has 1 heterocycles. The van der Waals surface area contributed by atoms with Gasteiger partial charge in [-0.05, 0) is 44.5 Å². The van der Waals surface area contributed by atoms with E-state index < -0.39 is 23.7 Å². The highest BCUT2D eigenvalue weighted by molar-refractivity contribution is 6.04. The summed E-state index contributed by atoms with van der Waals surface area (Å²) in [7, 11) is 2.91. The molecule has 0 spiro atoms. The minimum absolute atomic E-state index is 0.0170. The molecule has 11 nitrogen and oxygen atoms in total. The van der Waals surface area contributed by atoms with Crippen molar-refractivity contribution >= 4 is 34.2 Å². The highest BCUT2D eigenvalue weighted by Gasteiger charge is 2.31. The average molecular weight is 583 g/mol. The van der Waals surface area contributed by atoms with Gasteiger partial charge in [0.05, 0.1) is 49.4 Å². The van der Waals surface area contributed by atoms with Crippen LogP contribution < -0.4 is 31.0 Å². The van der Waals surface area contributed by atoms with Crippen LogP contribution >= 0.6 is 0 Å². The van der Waals surface area contributed by atoms with Gasteiger partial charge in [-0.2, -0.15) is 13.2 Å². The molecule has 0 saturated carbocycles. The van der Waals surface area contributed by atoms with Crippen LogP contribution in [-0.4, -0.2) is 53.9 Å². The number of nitrogens with two attached hydrogens (primary N) is 2. The predicted octanol–water partition coefficient (Wildman–Crippen LogP) is 5.12. The van der Waals surface area contributed by atoms with E-state index in [0.717, 1.165) is 25.0 Å². The standard InChI is InChI=1S/C23H27F3N4O3.C4H6O4/c1-13(6-5-9-27)29-17-12-18(31-2)22(20-16(28)11-19(32-3)30-21(17)20)33-15-8-4-7-14(10-15)23(24,25)26;5-3(6)1-2-4(7)8/h4,7-8,10-13,29H,5-6,9,27H2,1-3H3,(H2,28,30);1-2H2,(H,5,6)(H,7,8). The molecular formula is C27H33F3N4O7.